The number of benzene rings is 1. The maximum atomic E-state index is 12.5. The molecule has 1 N–H and O–H groups in total. The molecule has 0 spiro atoms. The third kappa shape index (κ3) is 5.05. The predicted molar refractivity (Wildman–Crippen MR) is 96.2 cm³/mol. The Labute approximate surface area is 145 Å². The Bertz CT molecular complexity index is 643. The third-order valence-corrected chi connectivity index (χ3v) is 6.02. The molecular formula is C18H28N2O3S. The zero-order chi connectivity index (χ0) is 17.7. The second-order valence-corrected chi connectivity index (χ2v) is 8.95. The van der Waals surface area contributed by atoms with Gasteiger partial charge in [-0.1, -0.05) is 44.2 Å². The minimum Gasteiger partial charge on any atom is -0.355 e. The number of hydrogen-bond donors (Lipinski definition) is 1. The molecule has 0 aromatic heterocycles. The molecule has 0 unspecified atom stereocenters. The molecule has 1 aliphatic rings. The quantitative estimate of drug-likeness (QED) is 0.854. The Morgan fingerprint density at radius 3 is 2.54 bits per heavy atom. The average molecular weight is 353 g/mol. The molecule has 1 aromatic carbocycles. The van der Waals surface area contributed by atoms with Gasteiger partial charge in [-0.15, -0.1) is 0 Å². The number of rotatable bonds is 6. The van der Waals surface area contributed by atoms with Gasteiger partial charge in [-0.05, 0) is 24.3 Å². The minimum atomic E-state index is -3.23. The van der Waals surface area contributed by atoms with Crippen LogP contribution in [0.3, 0.4) is 0 Å². The monoisotopic (exact) mass is 352 g/mol. The zero-order valence-electron chi connectivity index (χ0n) is 14.7. The molecule has 1 aliphatic heterocycles. The number of carbonyl (C=O) groups is 1. The summed E-state index contributed by atoms with van der Waals surface area (Å²) in [6.07, 6.45) is 2.68. The molecule has 0 bridgehead atoms. The number of amides is 1. The maximum absolute atomic E-state index is 12.5. The Balaban J connectivity index is 1.96. The largest absolute Gasteiger partial charge is 0.355 e. The van der Waals surface area contributed by atoms with E-state index in [-0.39, 0.29) is 17.7 Å². The fraction of sp³-hybridized carbons (Fsp3) is 0.611. The number of nitrogens with zero attached hydrogens (tertiary/aromatic N) is 1. The fourth-order valence-corrected chi connectivity index (χ4v) is 4.16. The van der Waals surface area contributed by atoms with Gasteiger partial charge >= 0.3 is 0 Å². The molecular weight excluding hydrogens is 324 g/mol. The molecule has 134 valence electrons. The van der Waals surface area contributed by atoms with E-state index in [2.05, 4.69) is 31.3 Å². The predicted octanol–water partition coefficient (Wildman–Crippen LogP) is 2.21. The molecule has 0 saturated carbocycles. The Morgan fingerprint density at radius 2 is 1.96 bits per heavy atom. The van der Waals surface area contributed by atoms with Crippen molar-refractivity contribution in [1.29, 1.82) is 0 Å². The van der Waals surface area contributed by atoms with E-state index < -0.39 is 10.0 Å². The molecule has 2 rings (SSSR count). The maximum Gasteiger partial charge on any atom is 0.224 e. The lowest BCUT2D eigenvalue weighted by atomic mass is 9.88. The van der Waals surface area contributed by atoms with Crippen LogP contribution in [0.15, 0.2) is 30.3 Å². The van der Waals surface area contributed by atoms with Gasteiger partial charge in [0.15, 0.2) is 0 Å². The summed E-state index contributed by atoms with van der Waals surface area (Å²) in [6, 6.07) is 10.2. The van der Waals surface area contributed by atoms with Gasteiger partial charge in [0, 0.05) is 25.6 Å². The van der Waals surface area contributed by atoms with Crippen molar-refractivity contribution in [3.63, 3.8) is 0 Å². The van der Waals surface area contributed by atoms with Gasteiger partial charge in [-0.3, -0.25) is 4.79 Å². The topological polar surface area (TPSA) is 66.5 Å². The van der Waals surface area contributed by atoms with Gasteiger partial charge < -0.3 is 5.32 Å². The molecule has 5 nitrogen and oxygen atoms in total. The number of piperidine rings is 1. The zero-order valence-corrected chi connectivity index (χ0v) is 15.6. The molecule has 0 radical (unpaired) electrons. The Kier molecular flexibility index (Phi) is 6.40. The van der Waals surface area contributed by atoms with Gasteiger partial charge in [0.2, 0.25) is 15.9 Å². The van der Waals surface area contributed by atoms with E-state index in [9.17, 15) is 13.2 Å². The van der Waals surface area contributed by atoms with Crippen LogP contribution in [0, 0.1) is 11.8 Å². The second-order valence-electron chi connectivity index (χ2n) is 6.97. The van der Waals surface area contributed by atoms with E-state index in [4.69, 9.17) is 0 Å². The van der Waals surface area contributed by atoms with Crippen LogP contribution < -0.4 is 5.32 Å². The molecule has 24 heavy (non-hydrogen) atoms. The van der Waals surface area contributed by atoms with Crippen LogP contribution in [0.1, 0.15) is 38.2 Å². The standard InChI is InChI=1S/C18H28N2O3S/c1-14(2)17(15-8-5-4-6-9-15)12-19-18(21)16-10-7-11-20(13-16)24(3,22)23/h4-6,8-9,14,16-17H,7,10-13H2,1-3H3,(H,19,21)/t16-,17+/m0/s1. The summed E-state index contributed by atoms with van der Waals surface area (Å²) < 4.78 is 24.8. The summed E-state index contributed by atoms with van der Waals surface area (Å²) in [5.74, 6) is 0.373. The summed E-state index contributed by atoms with van der Waals surface area (Å²) in [7, 11) is -3.23. The van der Waals surface area contributed by atoms with Crippen molar-refractivity contribution in [3.05, 3.63) is 35.9 Å². The molecule has 6 heteroatoms. The summed E-state index contributed by atoms with van der Waals surface area (Å²) in [5.41, 5.74) is 1.22. The van der Waals surface area contributed by atoms with Gasteiger partial charge in [-0.2, -0.15) is 0 Å². The molecule has 0 aliphatic carbocycles. The van der Waals surface area contributed by atoms with E-state index in [1.807, 2.05) is 18.2 Å². The van der Waals surface area contributed by atoms with Crippen LogP contribution in [0.5, 0.6) is 0 Å². The first-order valence-electron chi connectivity index (χ1n) is 8.57. The number of nitrogens with one attached hydrogen (secondary N) is 1. The summed E-state index contributed by atoms with van der Waals surface area (Å²) in [5, 5.41) is 3.04. The SMILES string of the molecule is CC(C)[C@@H](CNC(=O)[C@H]1CCCN(S(C)(=O)=O)C1)c1ccccc1. The van der Waals surface area contributed by atoms with Crippen LogP contribution >= 0.6 is 0 Å². The fourth-order valence-electron chi connectivity index (χ4n) is 3.25. The lowest BCUT2D eigenvalue weighted by Gasteiger charge is -2.31. The Hall–Kier alpha value is -1.40. The van der Waals surface area contributed by atoms with E-state index in [0.29, 0.717) is 25.6 Å². The van der Waals surface area contributed by atoms with Gasteiger partial charge in [-0.25, -0.2) is 12.7 Å². The van der Waals surface area contributed by atoms with Crippen LogP contribution in [0.4, 0.5) is 0 Å². The first kappa shape index (κ1) is 18.9. The van der Waals surface area contributed by atoms with Crippen LogP contribution in [-0.2, 0) is 14.8 Å². The highest BCUT2D eigenvalue weighted by atomic mass is 32.2. The Morgan fingerprint density at radius 1 is 1.29 bits per heavy atom. The van der Waals surface area contributed by atoms with Gasteiger partial charge in [0.25, 0.3) is 0 Å². The summed E-state index contributed by atoms with van der Waals surface area (Å²) in [6.45, 7) is 5.69. The van der Waals surface area contributed by atoms with Crippen molar-refractivity contribution in [2.24, 2.45) is 11.8 Å². The molecule has 1 saturated heterocycles. The van der Waals surface area contributed by atoms with Crippen molar-refractivity contribution in [1.82, 2.24) is 9.62 Å². The minimum absolute atomic E-state index is 0.0371. The molecule has 1 fully saturated rings. The average Bonchev–Trinajstić information content (AvgIpc) is 2.55. The third-order valence-electron chi connectivity index (χ3n) is 4.75. The molecule has 1 aromatic rings. The second kappa shape index (κ2) is 8.12. The summed E-state index contributed by atoms with van der Waals surface area (Å²) in [4.78, 5) is 12.5. The smallest absolute Gasteiger partial charge is 0.224 e. The molecule has 1 amide bonds. The van der Waals surface area contributed by atoms with E-state index >= 15 is 0 Å². The lowest BCUT2D eigenvalue weighted by molar-refractivity contribution is -0.126. The first-order valence-corrected chi connectivity index (χ1v) is 10.4. The van der Waals surface area contributed by atoms with Crippen LogP contribution in [0.2, 0.25) is 0 Å². The highest BCUT2D eigenvalue weighted by molar-refractivity contribution is 7.88. The molecule has 2 atom stereocenters. The van der Waals surface area contributed by atoms with Gasteiger partial charge in [0.1, 0.15) is 0 Å². The number of carbonyl (C=O) groups excluding carboxylic acids is 1. The highest BCUT2D eigenvalue weighted by Gasteiger charge is 2.30. The van der Waals surface area contributed by atoms with E-state index in [1.165, 1.54) is 16.1 Å². The first-order chi connectivity index (χ1) is 11.3. The van der Waals surface area contributed by atoms with Crippen molar-refractivity contribution in [2.45, 2.75) is 32.6 Å². The number of hydrogen-bond acceptors (Lipinski definition) is 3. The van der Waals surface area contributed by atoms with Crippen molar-refractivity contribution in [2.75, 3.05) is 25.9 Å². The van der Waals surface area contributed by atoms with Crippen LogP contribution in [0.25, 0.3) is 0 Å². The van der Waals surface area contributed by atoms with Crippen molar-refractivity contribution in [3.8, 4) is 0 Å². The van der Waals surface area contributed by atoms with Crippen molar-refractivity contribution >= 4 is 15.9 Å². The van der Waals surface area contributed by atoms with E-state index in [1.54, 1.807) is 0 Å². The van der Waals surface area contributed by atoms with Crippen molar-refractivity contribution < 1.29 is 13.2 Å². The van der Waals surface area contributed by atoms with Gasteiger partial charge in [0.05, 0.1) is 12.2 Å². The number of sulfonamides is 1. The summed E-state index contributed by atoms with van der Waals surface area (Å²) >= 11 is 0. The molecule has 1 heterocycles. The van der Waals surface area contributed by atoms with E-state index in [0.717, 1.165) is 12.8 Å². The van der Waals surface area contributed by atoms with Crippen LogP contribution in [-0.4, -0.2) is 44.5 Å². The lowest BCUT2D eigenvalue weighted by Crippen LogP contribution is -2.45. The normalized spacial score (nSPS) is 20.8. The highest BCUT2D eigenvalue weighted by Crippen LogP contribution is 2.24.